The van der Waals surface area contributed by atoms with Crippen LogP contribution in [-0.4, -0.2) is 38.0 Å². The number of hydrogen-bond acceptors (Lipinski definition) is 3. The molecule has 1 rings (SSSR count). The van der Waals surface area contributed by atoms with Crippen molar-refractivity contribution in [1.82, 2.24) is 4.31 Å². The molecule has 0 aliphatic rings. The molecular formula is C14H22N2O3S. The summed E-state index contributed by atoms with van der Waals surface area (Å²) >= 11 is 0. The molecule has 20 heavy (non-hydrogen) atoms. The highest BCUT2D eigenvalue weighted by molar-refractivity contribution is 7.88. The Labute approximate surface area is 121 Å². The summed E-state index contributed by atoms with van der Waals surface area (Å²) in [7, 11) is -3.36. The monoisotopic (exact) mass is 298 g/mol. The highest BCUT2D eigenvalue weighted by atomic mass is 32.2. The number of sulfonamides is 1. The number of hydrogen-bond donors (Lipinski definition) is 1. The van der Waals surface area contributed by atoms with Gasteiger partial charge in [-0.25, -0.2) is 8.42 Å². The van der Waals surface area contributed by atoms with Crippen LogP contribution in [0.25, 0.3) is 0 Å². The zero-order valence-electron chi connectivity index (χ0n) is 12.2. The predicted octanol–water partition coefficient (Wildman–Crippen LogP) is 2.00. The molecule has 1 N–H and O–H groups in total. The van der Waals surface area contributed by atoms with Crippen LogP contribution in [0.1, 0.15) is 25.3 Å². The Morgan fingerprint density at radius 3 is 2.60 bits per heavy atom. The van der Waals surface area contributed by atoms with Crippen molar-refractivity contribution in [2.45, 2.75) is 26.7 Å². The third-order valence-electron chi connectivity index (χ3n) is 2.85. The molecule has 0 fully saturated rings. The molecule has 0 saturated carbocycles. The Bertz CT molecular complexity index is 555. The van der Waals surface area contributed by atoms with E-state index >= 15 is 0 Å². The zero-order chi connectivity index (χ0) is 15.2. The van der Waals surface area contributed by atoms with Crippen molar-refractivity contribution in [1.29, 1.82) is 0 Å². The van der Waals surface area contributed by atoms with E-state index in [1.807, 2.05) is 32.0 Å². The summed E-state index contributed by atoms with van der Waals surface area (Å²) < 4.78 is 24.5. The third-order valence-corrected chi connectivity index (χ3v) is 4.10. The topological polar surface area (TPSA) is 66.5 Å². The van der Waals surface area contributed by atoms with Crippen molar-refractivity contribution in [3.05, 3.63) is 29.8 Å². The van der Waals surface area contributed by atoms with E-state index in [-0.39, 0.29) is 12.5 Å². The molecule has 112 valence electrons. The normalized spacial score (nSPS) is 11.6. The fourth-order valence-corrected chi connectivity index (χ4v) is 2.59. The van der Waals surface area contributed by atoms with Crippen LogP contribution >= 0.6 is 0 Å². The standard InChI is InChI=1S/C14H22N2O3S/c1-4-5-9-16(20(3,18)19)11-14(17)15-13-8-6-7-12(2)10-13/h6-8,10H,4-5,9,11H2,1-3H3,(H,15,17). The third kappa shape index (κ3) is 5.71. The molecule has 1 amide bonds. The summed E-state index contributed by atoms with van der Waals surface area (Å²) in [5, 5.41) is 2.72. The summed E-state index contributed by atoms with van der Waals surface area (Å²) in [4.78, 5) is 11.9. The maximum atomic E-state index is 11.9. The maximum absolute atomic E-state index is 11.9. The second kappa shape index (κ2) is 7.40. The van der Waals surface area contributed by atoms with E-state index in [1.54, 1.807) is 6.07 Å². The second-order valence-corrected chi connectivity index (χ2v) is 6.85. The Kier molecular flexibility index (Phi) is 6.16. The van der Waals surface area contributed by atoms with E-state index in [0.29, 0.717) is 12.2 Å². The van der Waals surface area contributed by atoms with Crippen molar-refractivity contribution in [3.8, 4) is 0 Å². The maximum Gasteiger partial charge on any atom is 0.239 e. The molecule has 0 spiro atoms. The molecule has 5 nitrogen and oxygen atoms in total. The van der Waals surface area contributed by atoms with Gasteiger partial charge in [-0.05, 0) is 31.0 Å². The Hall–Kier alpha value is -1.40. The molecule has 0 saturated heterocycles. The van der Waals surface area contributed by atoms with Crippen molar-refractivity contribution in [3.63, 3.8) is 0 Å². The molecule has 0 heterocycles. The van der Waals surface area contributed by atoms with Crippen LogP contribution in [-0.2, 0) is 14.8 Å². The first-order valence-corrected chi connectivity index (χ1v) is 8.49. The minimum Gasteiger partial charge on any atom is -0.325 e. The van der Waals surface area contributed by atoms with E-state index in [2.05, 4.69) is 5.32 Å². The summed E-state index contributed by atoms with van der Waals surface area (Å²) in [6.07, 6.45) is 2.75. The SMILES string of the molecule is CCCCN(CC(=O)Nc1cccc(C)c1)S(C)(=O)=O. The Morgan fingerprint density at radius 1 is 1.35 bits per heavy atom. The molecule has 1 aromatic carbocycles. The minimum absolute atomic E-state index is 0.146. The van der Waals surface area contributed by atoms with Crippen molar-refractivity contribution < 1.29 is 13.2 Å². The average molecular weight is 298 g/mol. The Morgan fingerprint density at radius 2 is 2.05 bits per heavy atom. The number of anilines is 1. The lowest BCUT2D eigenvalue weighted by Gasteiger charge is -2.19. The quantitative estimate of drug-likeness (QED) is 0.837. The van der Waals surface area contributed by atoms with Gasteiger partial charge in [0.15, 0.2) is 0 Å². The zero-order valence-corrected chi connectivity index (χ0v) is 13.0. The summed E-state index contributed by atoms with van der Waals surface area (Å²) in [5.74, 6) is -0.322. The van der Waals surface area contributed by atoms with Gasteiger partial charge in [-0.1, -0.05) is 25.5 Å². The predicted molar refractivity (Wildman–Crippen MR) is 81.1 cm³/mol. The van der Waals surface area contributed by atoms with Gasteiger partial charge >= 0.3 is 0 Å². The van der Waals surface area contributed by atoms with Gasteiger partial charge in [0, 0.05) is 12.2 Å². The molecular weight excluding hydrogens is 276 g/mol. The first-order chi connectivity index (χ1) is 9.32. The Balaban J connectivity index is 2.67. The van der Waals surface area contributed by atoms with Gasteiger partial charge in [0.05, 0.1) is 12.8 Å². The van der Waals surface area contributed by atoms with Crippen molar-refractivity contribution in [2.24, 2.45) is 0 Å². The van der Waals surface area contributed by atoms with Crippen LogP contribution in [0.15, 0.2) is 24.3 Å². The van der Waals surface area contributed by atoms with E-state index < -0.39 is 10.0 Å². The number of benzene rings is 1. The molecule has 0 aliphatic carbocycles. The van der Waals surface area contributed by atoms with Gasteiger partial charge in [-0.15, -0.1) is 0 Å². The van der Waals surface area contributed by atoms with Crippen molar-refractivity contribution >= 4 is 21.6 Å². The lowest BCUT2D eigenvalue weighted by molar-refractivity contribution is -0.116. The number of nitrogens with one attached hydrogen (secondary N) is 1. The number of rotatable bonds is 7. The van der Waals surface area contributed by atoms with Crippen LogP contribution in [0.3, 0.4) is 0 Å². The first kappa shape index (κ1) is 16.7. The highest BCUT2D eigenvalue weighted by Gasteiger charge is 2.19. The number of carbonyl (C=O) groups is 1. The van der Waals surface area contributed by atoms with Gasteiger partial charge in [0.2, 0.25) is 15.9 Å². The van der Waals surface area contributed by atoms with Crippen molar-refractivity contribution in [2.75, 3.05) is 24.7 Å². The summed E-state index contributed by atoms with van der Waals surface area (Å²) in [6.45, 7) is 4.14. The van der Waals surface area contributed by atoms with Crippen LogP contribution in [0.2, 0.25) is 0 Å². The number of aryl methyl sites for hydroxylation is 1. The van der Waals surface area contributed by atoms with E-state index in [9.17, 15) is 13.2 Å². The van der Waals surface area contributed by atoms with E-state index in [0.717, 1.165) is 24.7 Å². The molecule has 6 heteroatoms. The van der Waals surface area contributed by atoms with Gasteiger partial charge in [0.25, 0.3) is 0 Å². The molecule has 0 radical (unpaired) electrons. The summed E-state index contributed by atoms with van der Waals surface area (Å²) in [5.41, 5.74) is 1.72. The summed E-state index contributed by atoms with van der Waals surface area (Å²) in [6, 6.07) is 7.40. The van der Waals surface area contributed by atoms with Gasteiger partial charge < -0.3 is 5.32 Å². The van der Waals surface area contributed by atoms with Crippen LogP contribution in [0.4, 0.5) is 5.69 Å². The van der Waals surface area contributed by atoms with Gasteiger partial charge in [-0.2, -0.15) is 4.31 Å². The number of amides is 1. The molecule has 0 atom stereocenters. The number of unbranched alkanes of at least 4 members (excludes halogenated alkanes) is 1. The average Bonchev–Trinajstić information content (AvgIpc) is 2.33. The van der Waals surface area contributed by atoms with Crippen LogP contribution in [0.5, 0.6) is 0 Å². The fourth-order valence-electron chi connectivity index (χ4n) is 1.78. The van der Waals surface area contributed by atoms with Gasteiger partial charge in [0.1, 0.15) is 0 Å². The number of nitrogens with zero attached hydrogens (tertiary/aromatic N) is 1. The molecule has 0 unspecified atom stereocenters. The highest BCUT2D eigenvalue weighted by Crippen LogP contribution is 2.10. The lowest BCUT2D eigenvalue weighted by atomic mass is 10.2. The molecule has 0 aliphatic heterocycles. The smallest absolute Gasteiger partial charge is 0.239 e. The number of carbonyl (C=O) groups excluding carboxylic acids is 1. The fraction of sp³-hybridized carbons (Fsp3) is 0.500. The largest absolute Gasteiger partial charge is 0.325 e. The minimum atomic E-state index is -3.36. The second-order valence-electron chi connectivity index (χ2n) is 4.87. The first-order valence-electron chi connectivity index (χ1n) is 6.64. The lowest BCUT2D eigenvalue weighted by Crippen LogP contribution is -2.38. The molecule has 0 aromatic heterocycles. The van der Waals surface area contributed by atoms with E-state index in [4.69, 9.17) is 0 Å². The molecule has 1 aromatic rings. The van der Waals surface area contributed by atoms with Crippen LogP contribution in [0, 0.1) is 6.92 Å². The van der Waals surface area contributed by atoms with E-state index in [1.165, 1.54) is 4.31 Å². The molecule has 0 bridgehead atoms. The van der Waals surface area contributed by atoms with Crippen LogP contribution < -0.4 is 5.32 Å². The van der Waals surface area contributed by atoms with Gasteiger partial charge in [-0.3, -0.25) is 4.79 Å².